The molecule has 0 saturated carbocycles. The lowest BCUT2D eigenvalue weighted by Crippen LogP contribution is -2.56. The van der Waals surface area contributed by atoms with Gasteiger partial charge in [0.2, 0.25) is 11.8 Å². The Morgan fingerprint density at radius 1 is 1.11 bits per heavy atom. The number of methoxy groups -OCH3 is 2. The van der Waals surface area contributed by atoms with Crippen molar-refractivity contribution < 1.29 is 33.5 Å². The van der Waals surface area contributed by atoms with E-state index in [0.717, 1.165) is 11.1 Å². The molecule has 1 aliphatic carbocycles. The largest absolute Gasteiger partial charge is 0.497 e. The van der Waals surface area contributed by atoms with Gasteiger partial charge in [-0.3, -0.25) is 9.59 Å². The zero-order chi connectivity index (χ0) is 27.5. The van der Waals surface area contributed by atoms with Crippen molar-refractivity contribution in [2.75, 3.05) is 20.8 Å². The topological polar surface area (TPSA) is 115 Å². The summed E-state index contributed by atoms with van der Waals surface area (Å²) in [5, 5.41) is 15.7. The van der Waals surface area contributed by atoms with E-state index in [1.54, 1.807) is 14.2 Å². The zero-order valence-electron chi connectivity index (χ0n) is 23.5. The number of aryl methyl sites for hydroxylation is 1. The first-order valence-corrected chi connectivity index (χ1v) is 13.1. The predicted molar refractivity (Wildman–Crippen MR) is 142 cm³/mol. The number of rotatable bonds is 10. The average Bonchev–Trinajstić information content (AvgIpc) is 3.06. The van der Waals surface area contributed by atoms with Gasteiger partial charge in [-0.2, -0.15) is 0 Å². The third kappa shape index (κ3) is 6.59. The number of nitrogens with one attached hydrogen (secondary N) is 2. The van der Waals surface area contributed by atoms with E-state index in [4.69, 9.17) is 18.8 Å². The molecule has 37 heavy (non-hydrogen) atoms. The fourth-order valence-corrected chi connectivity index (χ4v) is 4.90. The van der Waals surface area contributed by atoms with E-state index < -0.39 is 42.8 Å². The summed E-state index contributed by atoms with van der Waals surface area (Å²) in [4.78, 5) is 26.4. The summed E-state index contributed by atoms with van der Waals surface area (Å²) in [5.74, 6) is 0.160. The van der Waals surface area contributed by atoms with Gasteiger partial charge >= 0.3 is 7.12 Å². The number of ether oxygens (including phenoxy) is 2. The van der Waals surface area contributed by atoms with Gasteiger partial charge in [0.25, 0.3) is 0 Å². The van der Waals surface area contributed by atoms with Crippen LogP contribution in [0.5, 0.6) is 11.5 Å². The Balaban J connectivity index is 1.68. The van der Waals surface area contributed by atoms with Crippen molar-refractivity contribution in [3.05, 3.63) is 23.3 Å². The molecule has 0 aromatic heterocycles. The molecule has 206 valence electrons. The van der Waals surface area contributed by atoms with Crippen LogP contribution >= 0.6 is 0 Å². The van der Waals surface area contributed by atoms with Gasteiger partial charge < -0.3 is 34.5 Å². The Kier molecular flexibility index (Phi) is 9.19. The van der Waals surface area contributed by atoms with Gasteiger partial charge in [0.1, 0.15) is 17.5 Å². The fourth-order valence-electron chi connectivity index (χ4n) is 4.90. The number of aliphatic hydroxyl groups is 1. The first-order chi connectivity index (χ1) is 17.3. The summed E-state index contributed by atoms with van der Waals surface area (Å²) in [6.07, 6.45) is 2.42. The maximum Gasteiger partial charge on any atom is 0.481 e. The molecule has 0 bridgehead atoms. The molecular weight excluding hydrogens is 475 g/mol. The quantitative estimate of drug-likeness (QED) is 0.408. The third-order valence-corrected chi connectivity index (χ3v) is 7.78. The van der Waals surface area contributed by atoms with Crippen LogP contribution in [0.25, 0.3) is 0 Å². The van der Waals surface area contributed by atoms with Crippen molar-refractivity contribution in [2.45, 2.75) is 90.4 Å². The van der Waals surface area contributed by atoms with Crippen LogP contribution in [0.1, 0.15) is 65.5 Å². The Bertz CT molecular complexity index is 948. The van der Waals surface area contributed by atoms with Crippen LogP contribution in [0.2, 0.25) is 0 Å². The smallest absolute Gasteiger partial charge is 0.481 e. The van der Waals surface area contributed by atoms with Gasteiger partial charge in [0.05, 0.1) is 38.0 Å². The molecule has 1 fully saturated rings. The molecule has 0 radical (unpaired) electrons. The van der Waals surface area contributed by atoms with Crippen molar-refractivity contribution in [2.24, 2.45) is 11.8 Å². The summed E-state index contributed by atoms with van der Waals surface area (Å²) >= 11 is 0. The lowest BCUT2D eigenvalue weighted by molar-refractivity contribution is -0.132. The minimum atomic E-state index is -1.08. The van der Waals surface area contributed by atoms with Gasteiger partial charge in [0, 0.05) is 12.0 Å². The van der Waals surface area contributed by atoms with E-state index in [-0.39, 0.29) is 17.7 Å². The lowest BCUT2D eigenvalue weighted by atomic mass is 9.74. The Hall–Kier alpha value is -2.30. The van der Waals surface area contributed by atoms with E-state index >= 15 is 0 Å². The van der Waals surface area contributed by atoms with E-state index in [0.29, 0.717) is 37.2 Å². The van der Waals surface area contributed by atoms with Crippen LogP contribution in [-0.2, 0) is 31.7 Å². The predicted octanol–water partition coefficient (Wildman–Crippen LogP) is 2.45. The molecule has 3 N–H and O–H groups in total. The molecule has 1 heterocycles. The summed E-state index contributed by atoms with van der Waals surface area (Å²) in [5.41, 5.74) is 0.989. The number of hydrogen-bond donors (Lipinski definition) is 3. The van der Waals surface area contributed by atoms with Crippen LogP contribution in [-0.4, -0.2) is 68.1 Å². The highest BCUT2D eigenvalue weighted by atomic mass is 16.7. The van der Waals surface area contributed by atoms with Gasteiger partial charge in [-0.1, -0.05) is 13.8 Å². The summed E-state index contributed by atoms with van der Waals surface area (Å²) in [6, 6.07) is 2.71. The number of amides is 2. The van der Waals surface area contributed by atoms with Gasteiger partial charge in [-0.25, -0.2) is 0 Å². The maximum absolute atomic E-state index is 13.2. The molecule has 3 atom stereocenters. The lowest BCUT2D eigenvalue weighted by Gasteiger charge is -2.32. The van der Waals surface area contributed by atoms with Crippen molar-refractivity contribution in [1.29, 1.82) is 0 Å². The number of carbonyl (C=O) groups is 2. The molecule has 3 rings (SSSR count). The number of benzene rings is 1. The molecule has 1 aromatic carbocycles. The molecule has 9 nitrogen and oxygen atoms in total. The molecule has 10 heteroatoms. The fraction of sp³-hybridized carbons (Fsp3) is 0.704. The van der Waals surface area contributed by atoms with Crippen LogP contribution in [0.3, 0.4) is 0 Å². The molecule has 1 aliphatic heterocycles. The van der Waals surface area contributed by atoms with Crippen molar-refractivity contribution >= 4 is 18.9 Å². The second-order valence-electron chi connectivity index (χ2n) is 11.5. The molecule has 1 saturated heterocycles. The summed E-state index contributed by atoms with van der Waals surface area (Å²) < 4.78 is 23.3. The Labute approximate surface area is 221 Å². The first kappa shape index (κ1) is 29.3. The average molecular weight is 518 g/mol. The highest BCUT2D eigenvalue weighted by Gasteiger charge is 2.54. The van der Waals surface area contributed by atoms with Crippen LogP contribution in [0, 0.1) is 11.8 Å². The van der Waals surface area contributed by atoms with Crippen molar-refractivity contribution in [1.82, 2.24) is 10.6 Å². The minimum Gasteiger partial charge on any atom is -0.497 e. The van der Waals surface area contributed by atoms with Crippen LogP contribution in [0.4, 0.5) is 0 Å². The number of carbonyl (C=O) groups excluding carboxylic acids is 2. The standard InChI is InChI=1S/C27H43BN2O7/c1-16(2)11-23(28-36-26(3,4)27(5,6)37-28)30-25(33)21(15-31)29-24(32)18-10-9-17-12-19(34-7)14-22(35-8)20(17)13-18/h12,14,16,18,21,23,31H,9-11,13,15H2,1-8H3,(H,29,32)(H,30,33)/t18?,21-,23?/m0/s1. The number of hydrogen-bond acceptors (Lipinski definition) is 7. The van der Waals surface area contributed by atoms with E-state index in [1.165, 1.54) is 0 Å². The van der Waals surface area contributed by atoms with Crippen molar-refractivity contribution in [3.8, 4) is 11.5 Å². The molecule has 1 aromatic rings. The van der Waals surface area contributed by atoms with Crippen molar-refractivity contribution in [3.63, 3.8) is 0 Å². The Morgan fingerprint density at radius 2 is 1.76 bits per heavy atom. The highest BCUT2D eigenvalue weighted by Crippen LogP contribution is 2.38. The SMILES string of the molecule is COc1cc2c(c(OC)c1)CC(C(=O)N[C@@H](CO)C(=O)NC(CC(C)C)B1OC(C)(C)C(C)(C)O1)CC2. The van der Waals surface area contributed by atoms with Gasteiger partial charge in [0.15, 0.2) is 0 Å². The van der Waals surface area contributed by atoms with E-state index in [9.17, 15) is 14.7 Å². The molecule has 2 aliphatic rings. The van der Waals surface area contributed by atoms with Crippen LogP contribution in [0.15, 0.2) is 12.1 Å². The molecule has 0 spiro atoms. The van der Waals surface area contributed by atoms with E-state index in [2.05, 4.69) is 24.5 Å². The summed E-state index contributed by atoms with van der Waals surface area (Å²) in [7, 11) is 2.57. The second-order valence-corrected chi connectivity index (χ2v) is 11.5. The molecule has 2 unspecified atom stereocenters. The maximum atomic E-state index is 13.2. The number of fused-ring (bicyclic) bond motifs is 1. The van der Waals surface area contributed by atoms with Gasteiger partial charge in [-0.15, -0.1) is 0 Å². The van der Waals surface area contributed by atoms with E-state index in [1.807, 2.05) is 39.8 Å². The first-order valence-electron chi connectivity index (χ1n) is 13.1. The number of aliphatic hydroxyl groups excluding tert-OH is 1. The normalized spacial score (nSPS) is 21.7. The monoisotopic (exact) mass is 518 g/mol. The molecular formula is C27H43BN2O7. The highest BCUT2D eigenvalue weighted by molar-refractivity contribution is 6.48. The van der Waals surface area contributed by atoms with Gasteiger partial charge in [-0.05, 0) is 76.5 Å². The zero-order valence-corrected chi connectivity index (χ0v) is 23.5. The Morgan fingerprint density at radius 3 is 2.30 bits per heavy atom. The minimum absolute atomic E-state index is 0.266. The third-order valence-electron chi connectivity index (χ3n) is 7.78. The van der Waals surface area contributed by atoms with Crippen LogP contribution < -0.4 is 20.1 Å². The summed E-state index contributed by atoms with van der Waals surface area (Å²) in [6.45, 7) is 11.5. The molecule has 2 amide bonds. The second kappa shape index (κ2) is 11.6.